The van der Waals surface area contributed by atoms with Crippen LogP contribution in [0.25, 0.3) is 0 Å². The maximum atomic E-state index is 14.4. The average molecular weight is 334 g/mol. The van der Waals surface area contributed by atoms with Crippen molar-refractivity contribution in [1.29, 1.82) is 0 Å². The molecule has 23 heavy (non-hydrogen) atoms. The molecule has 0 aliphatic heterocycles. The number of hydrogen-bond acceptors (Lipinski definition) is 3. The standard InChI is InChI=1S/C16H18F4O3/c17-14-12(21-11-6-3-7-11)8-9-13(15(14)23-16(18,19)20)22-10-4-1-2-5-10/h8-11H,1-7H2. The molecule has 7 heteroatoms. The van der Waals surface area contributed by atoms with Crippen LogP contribution in [-0.4, -0.2) is 18.6 Å². The Morgan fingerprint density at radius 3 is 1.87 bits per heavy atom. The van der Waals surface area contributed by atoms with Gasteiger partial charge in [-0.1, -0.05) is 0 Å². The molecule has 2 aliphatic carbocycles. The second-order valence-electron chi connectivity index (χ2n) is 5.95. The van der Waals surface area contributed by atoms with Crippen LogP contribution in [0.15, 0.2) is 12.1 Å². The second kappa shape index (κ2) is 6.45. The Labute approximate surface area is 131 Å². The normalized spacial score (nSPS) is 19.5. The fourth-order valence-corrected chi connectivity index (χ4v) is 2.77. The first kappa shape index (κ1) is 16.2. The summed E-state index contributed by atoms with van der Waals surface area (Å²) in [6.07, 6.45) is 0.556. The molecule has 0 unspecified atom stereocenters. The molecular formula is C16H18F4O3. The van der Waals surface area contributed by atoms with E-state index in [-0.39, 0.29) is 23.7 Å². The highest BCUT2D eigenvalue weighted by Crippen LogP contribution is 2.41. The van der Waals surface area contributed by atoms with Crippen molar-refractivity contribution in [2.45, 2.75) is 63.5 Å². The van der Waals surface area contributed by atoms with Crippen LogP contribution in [-0.2, 0) is 0 Å². The summed E-state index contributed by atoms with van der Waals surface area (Å²) in [6.45, 7) is 0. The molecule has 2 fully saturated rings. The van der Waals surface area contributed by atoms with E-state index in [2.05, 4.69) is 4.74 Å². The van der Waals surface area contributed by atoms with E-state index in [9.17, 15) is 17.6 Å². The molecule has 0 spiro atoms. The van der Waals surface area contributed by atoms with Crippen LogP contribution in [0.3, 0.4) is 0 Å². The van der Waals surface area contributed by atoms with Crippen molar-refractivity contribution in [3.8, 4) is 17.2 Å². The molecule has 0 saturated heterocycles. The van der Waals surface area contributed by atoms with Gasteiger partial charge in [0.1, 0.15) is 0 Å². The monoisotopic (exact) mass is 334 g/mol. The van der Waals surface area contributed by atoms with Gasteiger partial charge in [-0.15, -0.1) is 13.2 Å². The fourth-order valence-electron chi connectivity index (χ4n) is 2.77. The van der Waals surface area contributed by atoms with Gasteiger partial charge in [0.05, 0.1) is 12.2 Å². The number of benzene rings is 1. The Balaban J connectivity index is 1.85. The highest BCUT2D eigenvalue weighted by molar-refractivity contribution is 5.47. The van der Waals surface area contributed by atoms with Gasteiger partial charge in [-0.3, -0.25) is 0 Å². The van der Waals surface area contributed by atoms with E-state index in [0.717, 1.165) is 44.9 Å². The van der Waals surface area contributed by atoms with Crippen LogP contribution >= 0.6 is 0 Å². The topological polar surface area (TPSA) is 27.7 Å². The highest BCUT2D eigenvalue weighted by Gasteiger charge is 2.36. The van der Waals surface area contributed by atoms with Crippen molar-refractivity contribution in [3.05, 3.63) is 17.9 Å². The van der Waals surface area contributed by atoms with Gasteiger partial charge >= 0.3 is 6.36 Å². The Morgan fingerprint density at radius 1 is 0.826 bits per heavy atom. The Bertz CT molecular complexity index is 549. The quantitative estimate of drug-likeness (QED) is 0.711. The minimum absolute atomic E-state index is 0.148. The first-order valence-electron chi connectivity index (χ1n) is 7.84. The van der Waals surface area contributed by atoms with Crippen molar-refractivity contribution in [3.63, 3.8) is 0 Å². The maximum absolute atomic E-state index is 14.4. The molecule has 0 bridgehead atoms. The number of hydrogen-bond donors (Lipinski definition) is 0. The number of ether oxygens (including phenoxy) is 3. The summed E-state index contributed by atoms with van der Waals surface area (Å²) in [6, 6.07) is 2.59. The first-order valence-corrected chi connectivity index (χ1v) is 7.84. The van der Waals surface area contributed by atoms with E-state index in [1.54, 1.807) is 0 Å². The van der Waals surface area contributed by atoms with Gasteiger partial charge in [0, 0.05) is 0 Å². The molecule has 0 aromatic heterocycles. The SMILES string of the molecule is Fc1c(OC2CCC2)ccc(OC2CCCC2)c1OC(F)(F)F. The summed E-state index contributed by atoms with van der Waals surface area (Å²) in [5.41, 5.74) is 0. The molecule has 3 nitrogen and oxygen atoms in total. The molecule has 0 heterocycles. The van der Waals surface area contributed by atoms with E-state index in [1.165, 1.54) is 12.1 Å². The Hall–Kier alpha value is -1.66. The molecule has 1 aromatic carbocycles. The van der Waals surface area contributed by atoms with E-state index >= 15 is 0 Å². The molecule has 0 amide bonds. The summed E-state index contributed by atoms with van der Waals surface area (Å²) < 4.78 is 67.0. The number of rotatable bonds is 5. The summed E-state index contributed by atoms with van der Waals surface area (Å²) >= 11 is 0. The second-order valence-corrected chi connectivity index (χ2v) is 5.95. The van der Waals surface area contributed by atoms with Crippen molar-refractivity contribution in [2.75, 3.05) is 0 Å². The lowest BCUT2D eigenvalue weighted by molar-refractivity contribution is -0.276. The first-order chi connectivity index (χ1) is 10.9. The minimum atomic E-state index is -5.00. The molecule has 0 N–H and O–H groups in total. The lowest BCUT2D eigenvalue weighted by atomic mass is 9.96. The molecule has 128 valence electrons. The van der Waals surface area contributed by atoms with Gasteiger partial charge in [0.25, 0.3) is 0 Å². The van der Waals surface area contributed by atoms with Gasteiger partial charge in [0.2, 0.25) is 11.6 Å². The smallest absolute Gasteiger partial charge is 0.487 e. The number of alkyl halides is 3. The van der Waals surface area contributed by atoms with E-state index in [4.69, 9.17) is 9.47 Å². The fraction of sp³-hybridized carbons (Fsp3) is 0.625. The van der Waals surface area contributed by atoms with E-state index < -0.39 is 17.9 Å². The molecule has 2 saturated carbocycles. The summed E-state index contributed by atoms with van der Waals surface area (Å²) in [5.74, 6) is -2.56. The maximum Gasteiger partial charge on any atom is 0.573 e. The van der Waals surface area contributed by atoms with E-state index in [0.29, 0.717) is 0 Å². The molecule has 0 radical (unpaired) electrons. The molecule has 3 rings (SSSR count). The lowest BCUT2D eigenvalue weighted by Crippen LogP contribution is -2.25. The summed E-state index contributed by atoms with van der Waals surface area (Å²) in [4.78, 5) is 0. The highest BCUT2D eigenvalue weighted by atomic mass is 19.4. The summed E-state index contributed by atoms with van der Waals surface area (Å²) in [7, 11) is 0. The molecule has 0 atom stereocenters. The van der Waals surface area contributed by atoms with Gasteiger partial charge in [-0.2, -0.15) is 4.39 Å². The van der Waals surface area contributed by atoms with Crippen molar-refractivity contribution < 1.29 is 31.8 Å². The van der Waals surface area contributed by atoms with Gasteiger partial charge in [0.15, 0.2) is 11.5 Å². The zero-order chi connectivity index (χ0) is 16.4. The molecule has 2 aliphatic rings. The van der Waals surface area contributed by atoms with Gasteiger partial charge in [-0.05, 0) is 57.1 Å². The third-order valence-corrected chi connectivity index (χ3v) is 4.19. The van der Waals surface area contributed by atoms with Crippen molar-refractivity contribution in [1.82, 2.24) is 0 Å². The van der Waals surface area contributed by atoms with Crippen LogP contribution in [0.4, 0.5) is 17.6 Å². The molecular weight excluding hydrogens is 316 g/mol. The zero-order valence-corrected chi connectivity index (χ0v) is 12.5. The third-order valence-electron chi connectivity index (χ3n) is 4.19. The van der Waals surface area contributed by atoms with Crippen molar-refractivity contribution >= 4 is 0 Å². The third kappa shape index (κ3) is 4.00. The Morgan fingerprint density at radius 2 is 1.35 bits per heavy atom. The minimum Gasteiger partial charge on any atom is -0.487 e. The van der Waals surface area contributed by atoms with Crippen LogP contribution in [0.5, 0.6) is 17.2 Å². The van der Waals surface area contributed by atoms with Gasteiger partial charge in [-0.25, -0.2) is 0 Å². The lowest BCUT2D eigenvalue weighted by Gasteiger charge is -2.27. The predicted molar refractivity (Wildman–Crippen MR) is 74.2 cm³/mol. The van der Waals surface area contributed by atoms with Crippen LogP contribution in [0, 0.1) is 5.82 Å². The Kier molecular flexibility index (Phi) is 4.55. The van der Waals surface area contributed by atoms with Gasteiger partial charge < -0.3 is 14.2 Å². The average Bonchev–Trinajstić information content (AvgIpc) is 2.92. The van der Waals surface area contributed by atoms with Crippen LogP contribution < -0.4 is 14.2 Å². The zero-order valence-electron chi connectivity index (χ0n) is 12.5. The molecule has 1 aromatic rings. The predicted octanol–water partition coefficient (Wildman–Crippen LogP) is 4.98. The summed E-state index contributed by atoms with van der Waals surface area (Å²) in [5, 5.41) is 0. The van der Waals surface area contributed by atoms with Crippen LogP contribution in [0.2, 0.25) is 0 Å². The van der Waals surface area contributed by atoms with Crippen molar-refractivity contribution in [2.24, 2.45) is 0 Å². The number of halogens is 4. The van der Waals surface area contributed by atoms with E-state index in [1.807, 2.05) is 0 Å². The van der Waals surface area contributed by atoms with Crippen LogP contribution in [0.1, 0.15) is 44.9 Å². The largest absolute Gasteiger partial charge is 0.573 e.